The highest BCUT2D eigenvalue weighted by Crippen LogP contribution is 2.33. The Morgan fingerprint density at radius 2 is 1.22 bits per heavy atom. The van der Waals surface area contributed by atoms with Gasteiger partial charge in [0.15, 0.2) is 0 Å². The Bertz CT molecular complexity index is 1700. The molecule has 5 rings (SSSR count). The number of rotatable bonds is 16. The summed E-state index contributed by atoms with van der Waals surface area (Å²) in [6, 6.07) is 32.4. The maximum atomic E-state index is 5.22. The number of fused-ring (bicyclic) bond motifs is 1. The van der Waals surface area contributed by atoms with Gasteiger partial charge in [0.2, 0.25) is 0 Å². The molecule has 0 atom stereocenters. The van der Waals surface area contributed by atoms with E-state index in [0.717, 1.165) is 79.0 Å². The lowest BCUT2D eigenvalue weighted by Gasteiger charge is -2.11. The number of hydrogen-bond acceptors (Lipinski definition) is 5. The number of aromatic nitrogens is 2. The third-order valence-corrected chi connectivity index (χ3v) is 8.12. The number of aliphatic imine (C=N–C) groups is 2. The van der Waals surface area contributed by atoms with Crippen molar-refractivity contribution in [2.24, 2.45) is 9.98 Å². The van der Waals surface area contributed by atoms with Crippen LogP contribution in [0.25, 0.3) is 33.4 Å². The monoisotopic (exact) mass is 612 g/mol. The fraction of sp³-hybridized carbons (Fsp3) is 0.325. The van der Waals surface area contributed by atoms with E-state index in [1.807, 2.05) is 12.4 Å². The van der Waals surface area contributed by atoms with Gasteiger partial charge in [-0.05, 0) is 107 Å². The van der Waals surface area contributed by atoms with Gasteiger partial charge in [-0.25, -0.2) is 4.98 Å². The molecule has 46 heavy (non-hydrogen) atoms. The van der Waals surface area contributed by atoms with Gasteiger partial charge in [-0.1, -0.05) is 78.9 Å². The molecule has 0 unspecified atom stereocenters. The molecule has 6 nitrogen and oxygen atoms in total. The highest BCUT2D eigenvalue weighted by atomic mass is 15.1. The molecule has 2 heterocycles. The highest BCUT2D eigenvalue weighted by molar-refractivity contribution is 5.96. The first-order valence-corrected chi connectivity index (χ1v) is 16.5. The third kappa shape index (κ3) is 9.56. The van der Waals surface area contributed by atoms with Crippen molar-refractivity contribution in [2.45, 2.75) is 32.2 Å². The van der Waals surface area contributed by atoms with Gasteiger partial charge in [0.25, 0.3) is 0 Å². The van der Waals surface area contributed by atoms with Crippen LogP contribution in [0, 0.1) is 0 Å². The van der Waals surface area contributed by atoms with Crippen LogP contribution in [-0.2, 0) is 6.54 Å². The number of hydrogen-bond donors (Lipinski definition) is 0. The zero-order valence-corrected chi connectivity index (χ0v) is 27.9. The van der Waals surface area contributed by atoms with Crippen LogP contribution in [0.3, 0.4) is 0 Å². The van der Waals surface area contributed by atoms with Crippen LogP contribution in [0.2, 0.25) is 0 Å². The van der Waals surface area contributed by atoms with Gasteiger partial charge in [0.1, 0.15) is 5.65 Å². The fourth-order valence-corrected chi connectivity index (χ4v) is 5.55. The summed E-state index contributed by atoms with van der Waals surface area (Å²) in [5.74, 6) is 0. The van der Waals surface area contributed by atoms with Crippen LogP contribution in [-0.4, -0.2) is 86.1 Å². The normalized spacial score (nSPS) is 12.0. The van der Waals surface area contributed by atoms with Gasteiger partial charge >= 0.3 is 0 Å². The lowest BCUT2D eigenvalue weighted by molar-refractivity contribution is 0.396. The number of benzene rings is 3. The molecule has 0 spiro atoms. The van der Waals surface area contributed by atoms with E-state index < -0.39 is 0 Å². The van der Waals surface area contributed by atoms with Crippen molar-refractivity contribution in [1.29, 1.82) is 0 Å². The molecule has 5 aromatic rings. The predicted octanol–water partition coefficient (Wildman–Crippen LogP) is 7.94. The maximum absolute atomic E-state index is 5.22. The summed E-state index contributed by atoms with van der Waals surface area (Å²) >= 11 is 0. The molecule has 6 heteroatoms. The summed E-state index contributed by atoms with van der Waals surface area (Å²) in [7, 11) is 8.46. The summed E-state index contributed by atoms with van der Waals surface area (Å²) < 4.78 is 2.26. The predicted molar refractivity (Wildman–Crippen MR) is 197 cm³/mol. The molecule has 3 aromatic carbocycles. The van der Waals surface area contributed by atoms with E-state index in [1.165, 1.54) is 29.5 Å². The molecule has 0 aliphatic carbocycles. The summed E-state index contributed by atoms with van der Waals surface area (Å²) in [6.45, 7) is 4.70. The minimum absolute atomic E-state index is 0.772. The van der Waals surface area contributed by atoms with Crippen molar-refractivity contribution in [3.8, 4) is 22.4 Å². The van der Waals surface area contributed by atoms with Crippen LogP contribution in [0.1, 0.15) is 42.4 Å². The van der Waals surface area contributed by atoms with Crippen LogP contribution in [0.15, 0.2) is 107 Å². The Hall–Kier alpha value is -4.39. The summed E-state index contributed by atoms with van der Waals surface area (Å²) in [4.78, 5) is 19.0. The molecule has 0 saturated heterocycles. The van der Waals surface area contributed by atoms with E-state index in [4.69, 9.17) is 4.98 Å². The Morgan fingerprint density at radius 3 is 1.78 bits per heavy atom. The van der Waals surface area contributed by atoms with E-state index in [0.29, 0.717) is 0 Å². The SMILES string of the molecule is CN(C)CCCCN=Cc1ccc(-c2cc(-c3ccc(C=NCCCCN(C)C)cc3)c3ccn(Cc4ccccc4)c3n2)cc1. The fourth-order valence-electron chi connectivity index (χ4n) is 5.55. The molecule has 0 saturated carbocycles. The molecule has 2 aromatic heterocycles. The lowest BCUT2D eigenvalue weighted by atomic mass is 9.99. The van der Waals surface area contributed by atoms with Crippen molar-refractivity contribution in [2.75, 3.05) is 54.4 Å². The maximum Gasteiger partial charge on any atom is 0.141 e. The Labute approximate surface area is 275 Å². The second kappa shape index (κ2) is 16.8. The van der Waals surface area contributed by atoms with Gasteiger partial charge in [-0.15, -0.1) is 0 Å². The smallest absolute Gasteiger partial charge is 0.141 e. The average Bonchev–Trinajstić information content (AvgIpc) is 3.47. The van der Waals surface area contributed by atoms with Crippen LogP contribution >= 0.6 is 0 Å². The lowest BCUT2D eigenvalue weighted by Crippen LogP contribution is -2.12. The molecule has 0 bridgehead atoms. The second-order valence-electron chi connectivity index (χ2n) is 12.6. The summed E-state index contributed by atoms with van der Waals surface area (Å²) in [5, 5.41) is 1.15. The standard InChI is InChI=1S/C40H48N6/c1-44(2)25-10-8-23-41-29-32-14-18-35(19-15-32)38-28-39(36-20-16-33(17-21-36)30-42-24-9-11-26-45(3)4)43-40-37(38)22-27-46(40)31-34-12-6-5-7-13-34/h5-7,12-22,27-30H,8-11,23-26,31H2,1-4H3. The Kier molecular flexibility index (Phi) is 12.0. The number of nitrogens with zero attached hydrogens (tertiary/aromatic N) is 6. The van der Waals surface area contributed by atoms with Gasteiger partial charge in [0.05, 0.1) is 5.69 Å². The van der Waals surface area contributed by atoms with Crippen LogP contribution < -0.4 is 0 Å². The van der Waals surface area contributed by atoms with E-state index >= 15 is 0 Å². The molecule has 0 radical (unpaired) electrons. The minimum Gasteiger partial charge on any atom is -0.328 e. The van der Waals surface area contributed by atoms with Gasteiger partial charge < -0.3 is 14.4 Å². The van der Waals surface area contributed by atoms with E-state index in [9.17, 15) is 0 Å². The second-order valence-corrected chi connectivity index (χ2v) is 12.6. The van der Waals surface area contributed by atoms with Crippen molar-refractivity contribution >= 4 is 23.5 Å². The largest absolute Gasteiger partial charge is 0.328 e. The summed E-state index contributed by atoms with van der Waals surface area (Å²) in [5.41, 5.74) is 8.89. The third-order valence-electron chi connectivity index (χ3n) is 8.12. The molecule has 0 fully saturated rings. The Balaban J connectivity index is 1.38. The first-order valence-electron chi connectivity index (χ1n) is 16.5. The molecule has 0 aliphatic rings. The van der Waals surface area contributed by atoms with Crippen molar-refractivity contribution in [1.82, 2.24) is 19.4 Å². The molecule has 0 N–H and O–H groups in total. The van der Waals surface area contributed by atoms with Crippen molar-refractivity contribution in [3.05, 3.63) is 114 Å². The molecule has 238 valence electrons. The first kappa shape index (κ1) is 33.0. The topological polar surface area (TPSA) is 49.0 Å². The quantitative estimate of drug-likeness (QED) is 0.0840. The molecule has 0 aliphatic heterocycles. The van der Waals surface area contributed by atoms with Crippen LogP contribution in [0.4, 0.5) is 0 Å². The number of unbranched alkanes of at least 4 members (excludes halogenated alkanes) is 2. The minimum atomic E-state index is 0.772. The average molecular weight is 613 g/mol. The summed E-state index contributed by atoms with van der Waals surface area (Å²) in [6.07, 6.45) is 10.7. The zero-order valence-electron chi connectivity index (χ0n) is 27.9. The Morgan fingerprint density at radius 1 is 0.652 bits per heavy atom. The zero-order chi connectivity index (χ0) is 32.1. The van der Waals surface area contributed by atoms with Gasteiger partial charge in [-0.3, -0.25) is 9.98 Å². The first-order chi connectivity index (χ1) is 22.5. The number of pyridine rings is 1. The van der Waals surface area contributed by atoms with Gasteiger partial charge in [-0.2, -0.15) is 0 Å². The molecular formula is C40H48N6. The van der Waals surface area contributed by atoms with Crippen molar-refractivity contribution < 1.29 is 0 Å². The van der Waals surface area contributed by atoms with E-state index in [-0.39, 0.29) is 0 Å². The van der Waals surface area contributed by atoms with Crippen molar-refractivity contribution in [3.63, 3.8) is 0 Å². The molecule has 0 amide bonds. The highest BCUT2D eigenvalue weighted by Gasteiger charge is 2.14. The van der Waals surface area contributed by atoms with Gasteiger partial charge in [0, 0.05) is 49.2 Å². The molecular weight excluding hydrogens is 564 g/mol. The van der Waals surface area contributed by atoms with Crippen LogP contribution in [0.5, 0.6) is 0 Å². The van der Waals surface area contributed by atoms with E-state index in [1.54, 1.807) is 0 Å². The van der Waals surface area contributed by atoms with E-state index in [2.05, 4.69) is 150 Å².